The molecule has 2 aliphatic rings. The summed E-state index contributed by atoms with van der Waals surface area (Å²) in [7, 11) is 2.44. The standard InChI is InChI=1S/C32H51BF3O/c1-31(33-26-27-20-22-30(23-21-27)37-32(34,35)36)24-14-9-12-18-29(19-13-15-25-31)28-16-10-7-5-3-2-4-6-8-11-17-28/h20-23,28-29H,2-19,24-26H2,1H3. The van der Waals surface area contributed by atoms with Crippen molar-refractivity contribution >= 4 is 7.28 Å². The Labute approximate surface area is 226 Å². The SMILES string of the molecule is CC1([B]Cc2ccc(OC(F)(F)F)cc2)CCCCCC(C2CCCCCCCCCCC2)CCCC1. The third-order valence-electron chi connectivity index (χ3n) is 9.20. The van der Waals surface area contributed by atoms with Crippen molar-refractivity contribution in [3.8, 4) is 5.75 Å². The van der Waals surface area contributed by atoms with Crippen LogP contribution < -0.4 is 4.74 Å². The van der Waals surface area contributed by atoms with Crippen molar-refractivity contribution in [3.63, 3.8) is 0 Å². The van der Waals surface area contributed by atoms with Gasteiger partial charge in [0.2, 0.25) is 0 Å². The second-order valence-corrected chi connectivity index (χ2v) is 12.4. The molecule has 0 bridgehead atoms. The van der Waals surface area contributed by atoms with Gasteiger partial charge in [0.05, 0.1) is 0 Å². The van der Waals surface area contributed by atoms with Crippen LogP contribution in [-0.2, 0) is 6.32 Å². The Hall–Kier alpha value is -1.13. The predicted molar refractivity (Wildman–Crippen MR) is 150 cm³/mol. The van der Waals surface area contributed by atoms with Crippen molar-refractivity contribution in [3.05, 3.63) is 29.8 Å². The summed E-state index contributed by atoms with van der Waals surface area (Å²) in [5.41, 5.74) is 1.05. The normalized spacial score (nSPS) is 26.8. The van der Waals surface area contributed by atoms with E-state index in [0.29, 0.717) is 0 Å². The highest BCUT2D eigenvalue weighted by Crippen LogP contribution is 2.41. The van der Waals surface area contributed by atoms with Crippen LogP contribution in [0.1, 0.15) is 141 Å². The fraction of sp³-hybridized carbons (Fsp3) is 0.812. The van der Waals surface area contributed by atoms with Crippen LogP contribution in [0.4, 0.5) is 13.2 Å². The quantitative estimate of drug-likeness (QED) is 0.352. The third-order valence-corrected chi connectivity index (χ3v) is 9.20. The number of ether oxygens (including phenoxy) is 1. The van der Waals surface area contributed by atoms with Gasteiger partial charge in [0.1, 0.15) is 13.0 Å². The molecule has 1 nitrogen and oxygen atoms in total. The first-order chi connectivity index (χ1) is 17.8. The maximum atomic E-state index is 12.4. The highest BCUT2D eigenvalue weighted by Gasteiger charge is 2.31. The van der Waals surface area contributed by atoms with E-state index in [9.17, 15) is 13.2 Å². The molecule has 1 aromatic rings. The lowest BCUT2D eigenvalue weighted by molar-refractivity contribution is -0.274. The average molecular weight is 520 g/mol. The van der Waals surface area contributed by atoms with Gasteiger partial charge in [0.15, 0.2) is 0 Å². The lowest BCUT2D eigenvalue weighted by Gasteiger charge is -2.30. The molecule has 2 fully saturated rings. The summed E-state index contributed by atoms with van der Waals surface area (Å²) in [6, 6.07) is 6.39. The highest BCUT2D eigenvalue weighted by molar-refractivity contribution is 6.39. The van der Waals surface area contributed by atoms with E-state index in [2.05, 4.69) is 18.9 Å². The molecule has 0 spiro atoms. The summed E-state index contributed by atoms with van der Waals surface area (Å²) in [4.78, 5) is 0. The van der Waals surface area contributed by atoms with Crippen LogP contribution in [0, 0.1) is 11.8 Å². The highest BCUT2D eigenvalue weighted by atomic mass is 19.4. The van der Waals surface area contributed by atoms with Crippen LogP contribution >= 0.6 is 0 Å². The molecule has 209 valence electrons. The van der Waals surface area contributed by atoms with Gasteiger partial charge in [-0.15, -0.1) is 13.2 Å². The van der Waals surface area contributed by atoms with Crippen LogP contribution in [0.2, 0.25) is 5.31 Å². The van der Waals surface area contributed by atoms with E-state index in [0.717, 1.165) is 23.7 Å². The molecule has 0 amide bonds. The van der Waals surface area contributed by atoms with Gasteiger partial charge in [-0.2, -0.15) is 0 Å². The molecule has 2 saturated carbocycles. The van der Waals surface area contributed by atoms with Gasteiger partial charge >= 0.3 is 6.36 Å². The fourth-order valence-corrected chi connectivity index (χ4v) is 6.85. The van der Waals surface area contributed by atoms with Gasteiger partial charge in [-0.1, -0.05) is 165 Å². The number of hydrogen-bond donors (Lipinski definition) is 0. The van der Waals surface area contributed by atoms with Gasteiger partial charge in [-0.3, -0.25) is 0 Å². The summed E-state index contributed by atoms with van der Waals surface area (Å²) in [5.74, 6) is 1.73. The second kappa shape index (κ2) is 16.1. The molecule has 0 aromatic heterocycles. The zero-order valence-corrected chi connectivity index (χ0v) is 23.4. The average Bonchev–Trinajstić information content (AvgIpc) is 2.88. The van der Waals surface area contributed by atoms with E-state index in [4.69, 9.17) is 0 Å². The van der Waals surface area contributed by atoms with Crippen molar-refractivity contribution < 1.29 is 17.9 Å². The molecule has 2 aliphatic carbocycles. The summed E-state index contributed by atoms with van der Waals surface area (Å²) in [6.07, 6.45) is 24.0. The minimum Gasteiger partial charge on any atom is -0.406 e. The van der Waals surface area contributed by atoms with E-state index in [1.165, 1.54) is 141 Å². The van der Waals surface area contributed by atoms with Crippen LogP contribution in [0.25, 0.3) is 0 Å². The Kier molecular flexibility index (Phi) is 13.2. The molecular formula is C32H51BF3O. The molecule has 2 atom stereocenters. The van der Waals surface area contributed by atoms with Gasteiger partial charge in [-0.05, 0) is 24.0 Å². The van der Waals surface area contributed by atoms with E-state index >= 15 is 0 Å². The molecule has 37 heavy (non-hydrogen) atoms. The summed E-state index contributed by atoms with van der Waals surface area (Å²) >= 11 is 0. The molecular weight excluding hydrogens is 468 g/mol. The summed E-state index contributed by atoms with van der Waals surface area (Å²) in [5, 5.41) is 0.203. The Morgan fingerprint density at radius 1 is 0.676 bits per heavy atom. The van der Waals surface area contributed by atoms with E-state index in [1.807, 2.05) is 0 Å². The largest absolute Gasteiger partial charge is 0.573 e. The number of alkyl halides is 3. The van der Waals surface area contributed by atoms with E-state index < -0.39 is 6.36 Å². The number of halogens is 3. The molecule has 3 rings (SSSR count). The zero-order chi connectivity index (χ0) is 26.4. The van der Waals surface area contributed by atoms with Crippen molar-refractivity contribution in [1.82, 2.24) is 0 Å². The Morgan fingerprint density at radius 3 is 1.57 bits per heavy atom. The van der Waals surface area contributed by atoms with Crippen LogP contribution in [0.5, 0.6) is 5.75 Å². The number of rotatable bonds is 5. The molecule has 1 aromatic carbocycles. The smallest absolute Gasteiger partial charge is 0.406 e. The number of benzene rings is 1. The first-order valence-corrected chi connectivity index (χ1v) is 15.5. The summed E-state index contributed by atoms with van der Waals surface area (Å²) in [6.45, 7) is 2.40. The number of hydrogen-bond acceptors (Lipinski definition) is 1. The van der Waals surface area contributed by atoms with Crippen LogP contribution in [0.15, 0.2) is 24.3 Å². The molecule has 0 saturated heterocycles. The van der Waals surface area contributed by atoms with E-state index in [-0.39, 0.29) is 11.1 Å². The van der Waals surface area contributed by atoms with Gasteiger partial charge < -0.3 is 4.74 Å². The Bertz CT molecular complexity index is 723. The fourth-order valence-electron chi connectivity index (χ4n) is 6.85. The van der Waals surface area contributed by atoms with Gasteiger partial charge in [0, 0.05) is 0 Å². The summed E-state index contributed by atoms with van der Waals surface area (Å²) < 4.78 is 41.3. The molecule has 1 radical (unpaired) electrons. The Morgan fingerprint density at radius 2 is 1.08 bits per heavy atom. The van der Waals surface area contributed by atoms with Gasteiger partial charge in [0.25, 0.3) is 0 Å². The van der Waals surface area contributed by atoms with Crippen molar-refractivity contribution in [2.75, 3.05) is 0 Å². The van der Waals surface area contributed by atoms with Crippen molar-refractivity contribution in [2.45, 2.75) is 153 Å². The first kappa shape index (κ1) is 30.4. The van der Waals surface area contributed by atoms with Crippen LogP contribution in [-0.4, -0.2) is 13.6 Å². The topological polar surface area (TPSA) is 9.23 Å². The zero-order valence-electron chi connectivity index (χ0n) is 23.4. The van der Waals surface area contributed by atoms with E-state index in [1.54, 1.807) is 12.1 Å². The first-order valence-electron chi connectivity index (χ1n) is 15.5. The maximum Gasteiger partial charge on any atom is 0.573 e. The second-order valence-electron chi connectivity index (χ2n) is 12.4. The molecule has 0 aliphatic heterocycles. The van der Waals surface area contributed by atoms with Crippen LogP contribution in [0.3, 0.4) is 0 Å². The maximum absolute atomic E-state index is 12.4. The predicted octanol–water partition coefficient (Wildman–Crippen LogP) is 11.0. The lowest BCUT2D eigenvalue weighted by Crippen LogP contribution is -2.20. The monoisotopic (exact) mass is 519 g/mol. The molecule has 2 unspecified atom stereocenters. The minimum atomic E-state index is -4.64. The molecule has 0 heterocycles. The molecule has 5 heteroatoms. The minimum absolute atomic E-state index is 0.145. The Balaban J connectivity index is 1.49. The third kappa shape index (κ3) is 12.5. The molecule has 0 N–H and O–H groups in total. The lowest BCUT2D eigenvalue weighted by atomic mass is 9.47. The van der Waals surface area contributed by atoms with Crippen molar-refractivity contribution in [2.24, 2.45) is 11.8 Å². The van der Waals surface area contributed by atoms with Gasteiger partial charge in [-0.25, -0.2) is 0 Å². The van der Waals surface area contributed by atoms with Crippen molar-refractivity contribution in [1.29, 1.82) is 0 Å².